The molecule has 1 N–H and O–H groups in total. The lowest BCUT2D eigenvalue weighted by Gasteiger charge is -2.11. The summed E-state index contributed by atoms with van der Waals surface area (Å²) in [7, 11) is -3.48. The van der Waals surface area contributed by atoms with Gasteiger partial charge in [-0.25, -0.2) is 8.42 Å². The van der Waals surface area contributed by atoms with Gasteiger partial charge in [0.25, 0.3) is 0 Å². The van der Waals surface area contributed by atoms with E-state index in [2.05, 4.69) is 4.72 Å². The van der Waals surface area contributed by atoms with E-state index < -0.39 is 10.0 Å². The van der Waals surface area contributed by atoms with Gasteiger partial charge in [-0.1, -0.05) is 35.9 Å². The van der Waals surface area contributed by atoms with Crippen molar-refractivity contribution in [2.75, 3.05) is 17.1 Å². The number of rotatable bonds is 6. The quantitative estimate of drug-likeness (QED) is 0.884. The third-order valence-electron chi connectivity index (χ3n) is 2.83. The molecule has 0 unspecified atom stereocenters. The van der Waals surface area contributed by atoms with Gasteiger partial charge in [0.2, 0.25) is 10.0 Å². The Labute approximate surface area is 129 Å². The fourth-order valence-corrected chi connectivity index (χ4v) is 2.84. The summed E-state index contributed by atoms with van der Waals surface area (Å²) in [6.07, 6.45) is 0. The van der Waals surface area contributed by atoms with Crippen LogP contribution >= 0.6 is 11.6 Å². The standard InChI is InChI=1S/C15H16ClNO3S/c1-12-7-8-13(16)11-15(12)17-21(18,19)10-9-20-14-5-3-2-4-6-14/h2-8,11,17H,9-10H2,1H3. The third kappa shape index (κ3) is 4.95. The van der Waals surface area contributed by atoms with Crippen LogP contribution in [0.2, 0.25) is 5.02 Å². The minimum atomic E-state index is -3.48. The number of ether oxygens (including phenoxy) is 1. The normalized spacial score (nSPS) is 11.1. The van der Waals surface area contributed by atoms with Gasteiger partial charge in [0, 0.05) is 5.02 Å². The van der Waals surface area contributed by atoms with Gasteiger partial charge in [-0.2, -0.15) is 0 Å². The number of halogens is 1. The topological polar surface area (TPSA) is 55.4 Å². The Balaban J connectivity index is 1.94. The lowest BCUT2D eigenvalue weighted by molar-refractivity contribution is 0.341. The predicted octanol–water partition coefficient (Wildman–Crippen LogP) is 3.47. The molecule has 0 saturated heterocycles. The molecule has 0 bridgehead atoms. The summed E-state index contributed by atoms with van der Waals surface area (Å²) >= 11 is 5.87. The van der Waals surface area contributed by atoms with E-state index in [4.69, 9.17) is 16.3 Å². The van der Waals surface area contributed by atoms with Crippen LogP contribution in [0.4, 0.5) is 5.69 Å². The number of sulfonamides is 1. The number of nitrogens with one attached hydrogen (secondary N) is 1. The lowest BCUT2D eigenvalue weighted by atomic mass is 10.2. The first kappa shape index (κ1) is 15.7. The number of anilines is 1. The van der Waals surface area contributed by atoms with Crippen molar-refractivity contribution in [1.29, 1.82) is 0 Å². The smallest absolute Gasteiger partial charge is 0.236 e. The maximum absolute atomic E-state index is 12.0. The molecule has 0 aliphatic heterocycles. The molecule has 0 fully saturated rings. The summed E-state index contributed by atoms with van der Waals surface area (Å²) in [6.45, 7) is 1.90. The molecule has 21 heavy (non-hydrogen) atoms. The van der Waals surface area contributed by atoms with Crippen LogP contribution < -0.4 is 9.46 Å². The molecule has 4 nitrogen and oxygen atoms in total. The van der Waals surface area contributed by atoms with Crippen LogP contribution in [0.3, 0.4) is 0 Å². The van der Waals surface area contributed by atoms with E-state index in [1.54, 1.807) is 30.3 Å². The van der Waals surface area contributed by atoms with E-state index in [0.29, 0.717) is 16.5 Å². The van der Waals surface area contributed by atoms with E-state index in [1.165, 1.54) is 0 Å². The first-order valence-corrected chi connectivity index (χ1v) is 8.44. The van der Waals surface area contributed by atoms with Crippen molar-refractivity contribution >= 4 is 27.3 Å². The summed E-state index contributed by atoms with van der Waals surface area (Å²) in [4.78, 5) is 0. The second-order valence-electron chi connectivity index (χ2n) is 4.54. The maximum Gasteiger partial charge on any atom is 0.236 e. The van der Waals surface area contributed by atoms with Gasteiger partial charge in [0.1, 0.15) is 18.1 Å². The molecular weight excluding hydrogens is 310 g/mol. The van der Waals surface area contributed by atoms with Gasteiger partial charge >= 0.3 is 0 Å². The largest absolute Gasteiger partial charge is 0.492 e. The Hall–Kier alpha value is -1.72. The van der Waals surface area contributed by atoms with E-state index in [-0.39, 0.29) is 12.4 Å². The predicted molar refractivity (Wildman–Crippen MR) is 85.5 cm³/mol. The first-order valence-electron chi connectivity index (χ1n) is 6.41. The second-order valence-corrected chi connectivity index (χ2v) is 6.82. The van der Waals surface area contributed by atoms with Crippen LogP contribution in [0.25, 0.3) is 0 Å². The maximum atomic E-state index is 12.0. The molecule has 0 heterocycles. The molecule has 0 atom stereocenters. The molecule has 2 aromatic carbocycles. The number of benzene rings is 2. The van der Waals surface area contributed by atoms with Gasteiger partial charge in [-0.3, -0.25) is 4.72 Å². The van der Waals surface area contributed by atoms with Crippen molar-refractivity contribution in [1.82, 2.24) is 0 Å². The molecule has 0 aliphatic rings. The number of aryl methyl sites for hydroxylation is 1. The highest BCUT2D eigenvalue weighted by Crippen LogP contribution is 2.21. The van der Waals surface area contributed by atoms with Crippen LogP contribution in [0.15, 0.2) is 48.5 Å². The van der Waals surface area contributed by atoms with E-state index in [1.807, 2.05) is 25.1 Å². The van der Waals surface area contributed by atoms with Crippen molar-refractivity contribution in [2.24, 2.45) is 0 Å². The number of hydrogen-bond donors (Lipinski definition) is 1. The average molecular weight is 326 g/mol. The minimum absolute atomic E-state index is 0.0823. The second kappa shape index (κ2) is 6.83. The zero-order valence-electron chi connectivity index (χ0n) is 11.5. The fourth-order valence-electron chi connectivity index (χ4n) is 1.71. The van der Waals surface area contributed by atoms with Gasteiger partial charge in [0.15, 0.2) is 0 Å². The van der Waals surface area contributed by atoms with Crippen LogP contribution in [0.5, 0.6) is 5.75 Å². The summed E-state index contributed by atoms with van der Waals surface area (Å²) in [5.74, 6) is 0.514. The molecule has 6 heteroatoms. The van der Waals surface area contributed by atoms with E-state index >= 15 is 0 Å². The van der Waals surface area contributed by atoms with Gasteiger partial charge in [-0.15, -0.1) is 0 Å². The number of para-hydroxylation sites is 1. The van der Waals surface area contributed by atoms with E-state index in [9.17, 15) is 8.42 Å². The van der Waals surface area contributed by atoms with Crippen molar-refractivity contribution < 1.29 is 13.2 Å². The molecule has 112 valence electrons. The van der Waals surface area contributed by atoms with Crippen LogP contribution in [0.1, 0.15) is 5.56 Å². The Bertz CT molecular complexity index is 702. The van der Waals surface area contributed by atoms with Crippen molar-refractivity contribution in [3.63, 3.8) is 0 Å². The zero-order valence-corrected chi connectivity index (χ0v) is 13.1. The Morgan fingerprint density at radius 1 is 1.14 bits per heavy atom. The fraction of sp³-hybridized carbons (Fsp3) is 0.200. The van der Waals surface area contributed by atoms with Crippen molar-refractivity contribution in [3.05, 3.63) is 59.1 Å². The van der Waals surface area contributed by atoms with E-state index in [0.717, 1.165) is 5.56 Å². The Kier molecular flexibility index (Phi) is 5.09. The van der Waals surface area contributed by atoms with Crippen LogP contribution in [-0.2, 0) is 10.0 Å². The molecule has 2 rings (SSSR count). The molecule has 0 amide bonds. The van der Waals surface area contributed by atoms with Crippen molar-refractivity contribution in [2.45, 2.75) is 6.92 Å². The first-order chi connectivity index (χ1) is 9.96. The molecule has 0 aromatic heterocycles. The molecular formula is C15H16ClNO3S. The Morgan fingerprint density at radius 2 is 1.86 bits per heavy atom. The lowest BCUT2D eigenvalue weighted by Crippen LogP contribution is -2.21. The summed E-state index contributed by atoms with van der Waals surface area (Å²) in [6, 6.07) is 14.2. The monoisotopic (exact) mass is 325 g/mol. The summed E-state index contributed by atoms with van der Waals surface area (Å²) in [5, 5.41) is 0.485. The molecule has 0 spiro atoms. The molecule has 0 radical (unpaired) electrons. The zero-order chi connectivity index (χ0) is 15.3. The number of hydrogen-bond acceptors (Lipinski definition) is 3. The van der Waals surface area contributed by atoms with Gasteiger partial charge < -0.3 is 4.74 Å². The Morgan fingerprint density at radius 3 is 2.57 bits per heavy atom. The molecule has 0 aliphatic carbocycles. The molecule has 2 aromatic rings. The minimum Gasteiger partial charge on any atom is -0.492 e. The average Bonchev–Trinajstić information content (AvgIpc) is 2.43. The SMILES string of the molecule is Cc1ccc(Cl)cc1NS(=O)(=O)CCOc1ccccc1. The summed E-state index contributed by atoms with van der Waals surface area (Å²) < 4.78 is 31.9. The van der Waals surface area contributed by atoms with Gasteiger partial charge in [0.05, 0.1) is 5.69 Å². The van der Waals surface area contributed by atoms with Crippen LogP contribution in [-0.4, -0.2) is 20.8 Å². The third-order valence-corrected chi connectivity index (χ3v) is 4.30. The van der Waals surface area contributed by atoms with Crippen molar-refractivity contribution in [3.8, 4) is 5.75 Å². The van der Waals surface area contributed by atoms with Crippen LogP contribution in [0, 0.1) is 6.92 Å². The highest BCUT2D eigenvalue weighted by atomic mass is 35.5. The summed E-state index contributed by atoms with van der Waals surface area (Å²) in [5.41, 5.74) is 1.30. The highest BCUT2D eigenvalue weighted by Gasteiger charge is 2.12. The molecule has 0 saturated carbocycles. The van der Waals surface area contributed by atoms with Gasteiger partial charge in [-0.05, 0) is 36.8 Å². The highest BCUT2D eigenvalue weighted by molar-refractivity contribution is 7.92.